The van der Waals surface area contributed by atoms with Gasteiger partial charge in [0.25, 0.3) is 5.56 Å². The number of nitrogens with zero attached hydrogens (tertiary/aromatic N) is 4. The lowest BCUT2D eigenvalue weighted by atomic mass is 10.2. The number of fused-ring (bicyclic) bond motifs is 1. The molecule has 7 nitrogen and oxygen atoms in total. The van der Waals surface area contributed by atoms with E-state index in [-0.39, 0.29) is 17.3 Å². The standard InChI is InChI=1S/C11H17N5O2/c1-7(12)4-5-16-6-13-9-8(16)10(17)15(3)11(18)14(9)2/h6-7H,4-5,12H2,1-3H3. The van der Waals surface area contributed by atoms with E-state index in [1.54, 1.807) is 17.9 Å². The van der Waals surface area contributed by atoms with Gasteiger partial charge in [0.05, 0.1) is 6.33 Å². The SMILES string of the molecule is CC(N)CCn1cnc2c1c(=O)n(C)c(=O)n2C. The maximum atomic E-state index is 12.1. The molecule has 0 radical (unpaired) electrons. The molecule has 0 amide bonds. The van der Waals surface area contributed by atoms with Crippen LogP contribution < -0.4 is 17.0 Å². The molecule has 2 aromatic rings. The number of imidazole rings is 1. The first kappa shape index (κ1) is 12.6. The van der Waals surface area contributed by atoms with Gasteiger partial charge in [-0.3, -0.25) is 13.9 Å². The molecule has 0 bridgehead atoms. The quantitative estimate of drug-likeness (QED) is 0.771. The Labute approximate surface area is 103 Å². The summed E-state index contributed by atoms with van der Waals surface area (Å²) < 4.78 is 4.21. The molecule has 7 heteroatoms. The maximum absolute atomic E-state index is 12.1. The van der Waals surface area contributed by atoms with Gasteiger partial charge in [0.15, 0.2) is 11.2 Å². The van der Waals surface area contributed by atoms with Gasteiger partial charge in [-0.25, -0.2) is 9.78 Å². The van der Waals surface area contributed by atoms with E-state index in [1.807, 2.05) is 6.92 Å². The Bertz CT molecular complexity index is 692. The van der Waals surface area contributed by atoms with Gasteiger partial charge in [0, 0.05) is 26.7 Å². The van der Waals surface area contributed by atoms with Crippen LogP contribution in [0, 0.1) is 0 Å². The highest BCUT2D eigenvalue weighted by molar-refractivity contribution is 5.69. The lowest BCUT2D eigenvalue weighted by molar-refractivity contribution is 0.577. The Balaban J connectivity index is 2.66. The van der Waals surface area contributed by atoms with Crippen LogP contribution in [0.1, 0.15) is 13.3 Å². The lowest BCUT2D eigenvalue weighted by Crippen LogP contribution is -2.37. The van der Waals surface area contributed by atoms with Gasteiger partial charge < -0.3 is 10.3 Å². The van der Waals surface area contributed by atoms with Crippen molar-refractivity contribution in [2.24, 2.45) is 19.8 Å². The molecule has 0 saturated heterocycles. The molecule has 0 aliphatic heterocycles. The molecule has 2 N–H and O–H groups in total. The molecule has 1 atom stereocenters. The van der Waals surface area contributed by atoms with Crippen LogP contribution in [0.4, 0.5) is 0 Å². The first-order valence-electron chi connectivity index (χ1n) is 5.80. The van der Waals surface area contributed by atoms with Crippen molar-refractivity contribution in [3.05, 3.63) is 27.2 Å². The smallest absolute Gasteiger partial charge is 0.328 e. The maximum Gasteiger partial charge on any atom is 0.332 e. The Kier molecular flexibility index (Phi) is 3.08. The normalized spacial score (nSPS) is 13.1. The summed E-state index contributed by atoms with van der Waals surface area (Å²) in [7, 11) is 3.07. The van der Waals surface area contributed by atoms with Crippen molar-refractivity contribution in [2.45, 2.75) is 25.9 Å². The molecular formula is C11H17N5O2. The molecule has 2 heterocycles. The van der Waals surface area contributed by atoms with E-state index in [0.717, 1.165) is 11.0 Å². The zero-order valence-electron chi connectivity index (χ0n) is 10.8. The third-order valence-corrected chi connectivity index (χ3v) is 3.04. The Morgan fingerprint density at radius 3 is 2.61 bits per heavy atom. The number of hydrogen-bond acceptors (Lipinski definition) is 4. The van der Waals surface area contributed by atoms with Crippen LogP contribution in [-0.2, 0) is 20.6 Å². The molecule has 0 saturated carbocycles. The molecule has 0 fully saturated rings. The highest BCUT2D eigenvalue weighted by atomic mass is 16.2. The molecule has 2 rings (SSSR count). The first-order chi connectivity index (χ1) is 8.43. The monoisotopic (exact) mass is 251 g/mol. The van der Waals surface area contributed by atoms with Crippen LogP contribution in [0.15, 0.2) is 15.9 Å². The fraction of sp³-hybridized carbons (Fsp3) is 0.545. The van der Waals surface area contributed by atoms with Gasteiger partial charge in [-0.05, 0) is 13.3 Å². The van der Waals surface area contributed by atoms with Crippen molar-refractivity contribution in [3.8, 4) is 0 Å². The molecule has 0 spiro atoms. The minimum absolute atomic E-state index is 0.0545. The number of hydrogen-bond donors (Lipinski definition) is 1. The third-order valence-electron chi connectivity index (χ3n) is 3.04. The van der Waals surface area contributed by atoms with Crippen LogP contribution in [0.25, 0.3) is 11.2 Å². The van der Waals surface area contributed by atoms with Gasteiger partial charge in [-0.1, -0.05) is 0 Å². The van der Waals surface area contributed by atoms with Crippen LogP contribution in [0.2, 0.25) is 0 Å². The Hall–Kier alpha value is -1.89. The first-order valence-corrected chi connectivity index (χ1v) is 5.80. The molecular weight excluding hydrogens is 234 g/mol. The van der Waals surface area contributed by atoms with Gasteiger partial charge in [0.2, 0.25) is 0 Å². The van der Waals surface area contributed by atoms with E-state index in [1.165, 1.54) is 11.6 Å². The summed E-state index contributed by atoms with van der Waals surface area (Å²) in [5.74, 6) is 0. The molecule has 0 aromatic carbocycles. The molecule has 0 aliphatic carbocycles. The summed E-state index contributed by atoms with van der Waals surface area (Å²) in [5, 5.41) is 0. The Morgan fingerprint density at radius 1 is 1.33 bits per heavy atom. The fourth-order valence-electron chi connectivity index (χ4n) is 1.91. The number of rotatable bonds is 3. The molecule has 1 unspecified atom stereocenters. The van der Waals surface area contributed by atoms with Gasteiger partial charge in [-0.2, -0.15) is 0 Å². The van der Waals surface area contributed by atoms with Crippen molar-refractivity contribution in [3.63, 3.8) is 0 Å². The van der Waals surface area contributed by atoms with Gasteiger partial charge >= 0.3 is 5.69 Å². The predicted octanol–water partition coefficient (Wildman–Crippen LogP) is -0.829. The van der Waals surface area contributed by atoms with E-state index in [2.05, 4.69) is 4.98 Å². The van der Waals surface area contributed by atoms with E-state index in [0.29, 0.717) is 17.7 Å². The number of aromatic nitrogens is 4. The largest absolute Gasteiger partial charge is 0.332 e. The molecule has 98 valence electrons. The van der Waals surface area contributed by atoms with Crippen LogP contribution in [-0.4, -0.2) is 24.7 Å². The lowest BCUT2D eigenvalue weighted by Gasteiger charge is -2.08. The minimum Gasteiger partial charge on any atom is -0.328 e. The highest BCUT2D eigenvalue weighted by Crippen LogP contribution is 2.06. The number of nitrogens with two attached hydrogens (primary N) is 1. The van der Waals surface area contributed by atoms with Gasteiger partial charge in [-0.15, -0.1) is 0 Å². The summed E-state index contributed by atoms with van der Waals surface area (Å²) in [5.41, 5.74) is 5.86. The summed E-state index contributed by atoms with van der Waals surface area (Å²) >= 11 is 0. The van der Waals surface area contributed by atoms with E-state index < -0.39 is 0 Å². The minimum atomic E-state index is -0.370. The van der Waals surface area contributed by atoms with Crippen molar-refractivity contribution >= 4 is 11.2 Å². The average Bonchev–Trinajstić information content (AvgIpc) is 2.75. The molecule has 18 heavy (non-hydrogen) atoms. The second-order valence-electron chi connectivity index (χ2n) is 4.58. The van der Waals surface area contributed by atoms with Gasteiger partial charge in [0.1, 0.15) is 0 Å². The van der Waals surface area contributed by atoms with Crippen LogP contribution in [0.5, 0.6) is 0 Å². The van der Waals surface area contributed by atoms with Crippen molar-refractivity contribution in [1.29, 1.82) is 0 Å². The topological polar surface area (TPSA) is 87.8 Å². The fourth-order valence-corrected chi connectivity index (χ4v) is 1.91. The van der Waals surface area contributed by atoms with E-state index in [9.17, 15) is 9.59 Å². The predicted molar refractivity (Wildman–Crippen MR) is 68.5 cm³/mol. The molecule has 0 aliphatic rings. The van der Waals surface area contributed by atoms with Crippen molar-refractivity contribution in [2.75, 3.05) is 0 Å². The van der Waals surface area contributed by atoms with E-state index in [4.69, 9.17) is 5.73 Å². The zero-order chi connectivity index (χ0) is 13.4. The van der Waals surface area contributed by atoms with Crippen molar-refractivity contribution in [1.82, 2.24) is 18.7 Å². The Morgan fingerprint density at radius 2 is 2.00 bits per heavy atom. The summed E-state index contributed by atoms with van der Waals surface area (Å²) in [6, 6.07) is 0.0545. The summed E-state index contributed by atoms with van der Waals surface area (Å²) in [6.45, 7) is 2.52. The molecule has 2 aromatic heterocycles. The average molecular weight is 251 g/mol. The van der Waals surface area contributed by atoms with Crippen LogP contribution in [0.3, 0.4) is 0 Å². The van der Waals surface area contributed by atoms with Crippen molar-refractivity contribution < 1.29 is 0 Å². The third kappa shape index (κ3) is 1.86. The van der Waals surface area contributed by atoms with E-state index >= 15 is 0 Å². The zero-order valence-corrected chi connectivity index (χ0v) is 10.8. The second kappa shape index (κ2) is 4.41. The highest BCUT2D eigenvalue weighted by Gasteiger charge is 2.13. The number of aryl methyl sites for hydroxylation is 2. The van der Waals surface area contributed by atoms with Crippen LogP contribution >= 0.6 is 0 Å². The summed E-state index contributed by atoms with van der Waals surface area (Å²) in [4.78, 5) is 28.0. The second-order valence-corrected chi connectivity index (χ2v) is 4.58. The summed E-state index contributed by atoms with van der Waals surface area (Å²) in [6.07, 6.45) is 2.32.